The summed E-state index contributed by atoms with van der Waals surface area (Å²) in [5.74, 6) is -0.0577. The van der Waals surface area contributed by atoms with Gasteiger partial charge in [-0.15, -0.1) is 0 Å². The van der Waals surface area contributed by atoms with Gasteiger partial charge >= 0.3 is 5.97 Å². The first kappa shape index (κ1) is 21.2. The van der Waals surface area contributed by atoms with E-state index in [0.29, 0.717) is 42.9 Å². The van der Waals surface area contributed by atoms with Crippen molar-refractivity contribution in [3.8, 4) is 0 Å². The predicted octanol–water partition coefficient (Wildman–Crippen LogP) is 3.46. The highest BCUT2D eigenvalue weighted by atomic mass is 16.5. The molecule has 0 aliphatic carbocycles. The van der Waals surface area contributed by atoms with E-state index < -0.39 is 0 Å². The molecule has 0 spiro atoms. The van der Waals surface area contributed by atoms with Crippen LogP contribution in [0.5, 0.6) is 0 Å². The van der Waals surface area contributed by atoms with E-state index in [9.17, 15) is 9.59 Å². The molecule has 0 aliphatic rings. The lowest BCUT2D eigenvalue weighted by atomic mass is 10.0. The van der Waals surface area contributed by atoms with E-state index in [4.69, 9.17) is 9.47 Å². The number of benzene rings is 1. The highest BCUT2D eigenvalue weighted by Crippen LogP contribution is 2.16. The van der Waals surface area contributed by atoms with Crippen molar-refractivity contribution < 1.29 is 19.1 Å². The third kappa shape index (κ3) is 6.24. The number of aryl methyl sites for hydroxylation is 1. The summed E-state index contributed by atoms with van der Waals surface area (Å²) in [6.45, 7) is 11.7. The van der Waals surface area contributed by atoms with Gasteiger partial charge in [0.2, 0.25) is 0 Å². The Balaban J connectivity index is 2.81. The number of carbonyl (C=O) groups is 2. The van der Waals surface area contributed by atoms with Crippen LogP contribution < -0.4 is 5.32 Å². The van der Waals surface area contributed by atoms with Crippen LogP contribution in [0, 0.1) is 0 Å². The molecule has 1 rings (SSSR count). The van der Waals surface area contributed by atoms with Crippen LogP contribution >= 0.6 is 0 Å². The normalized spacial score (nSPS) is 11.2. The lowest BCUT2D eigenvalue weighted by Gasteiger charge is -2.13. The van der Waals surface area contributed by atoms with Crippen molar-refractivity contribution in [1.29, 1.82) is 0 Å². The highest BCUT2D eigenvalue weighted by Gasteiger charge is 2.13. The standard InChI is InChI=1S/C21H27NO4/c1-6-19(15(3)16(4)25-5)21(24)22-14-18-11-9-8-10-17(18)12-13-20(23)26-7-2/h6,8-11H,1,4,7,12-14H2,2-3,5H3,(H,22,24)/b19-15+. The third-order valence-electron chi connectivity index (χ3n) is 3.98. The first-order valence-corrected chi connectivity index (χ1v) is 8.51. The Hall–Kier alpha value is -2.82. The van der Waals surface area contributed by atoms with E-state index in [1.165, 1.54) is 13.2 Å². The molecule has 1 amide bonds. The fourth-order valence-electron chi connectivity index (χ4n) is 2.43. The minimum absolute atomic E-state index is 0.225. The number of ether oxygens (including phenoxy) is 2. The first-order valence-electron chi connectivity index (χ1n) is 8.51. The summed E-state index contributed by atoms with van der Waals surface area (Å²) in [6, 6.07) is 7.69. The molecule has 140 valence electrons. The quantitative estimate of drug-likeness (QED) is 0.301. The van der Waals surface area contributed by atoms with Gasteiger partial charge in [-0.1, -0.05) is 43.5 Å². The summed E-state index contributed by atoms with van der Waals surface area (Å²) in [5.41, 5.74) is 3.01. The van der Waals surface area contributed by atoms with Crippen LogP contribution in [0.3, 0.4) is 0 Å². The molecular formula is C21H27NO4. The molecule has 5 heteroatoms. The Morgan fingerprint density at radius 1 is 1.23 bits per heavy atom. The van der Waals surface area contributed by atoms with Crippen molar-refractivity contribution in [3.05, 3.63) is 71.5 Å². The Labute approximate surface area is 155 Å². The number of carbonyl (C=O) groups excluding carboxylic acids is 2. The Bertz CT molecular complexity index is 704. The van der Waals surface area contributed by atoms with Gasteiger partial charge < -0.3 is 14.8 Å². The van der Waals surface area contributed by atoms with Crippen LogP contribution in [-0.2, 0) is 32.0 Å². The van der Waals surface area contributed by atoms with Crippen LogP contribution in [0.4, 0.5) is 0 Å². The summed E-state index contributed by atoms with van der Waals surface area (Å²) < 4.78 is 10.0. The molecule has 5 nitrogen and oxygen atoms in total. The van der Waals surface area contributed by atoms with Gasteiger partial charge in [-0.05, 0) is 31.4 Å². The molecule has 0 saturated heterocycles. The van der Waals surface area contributed by atoms with E-state index in [0.717, 1.165) is 11.1 Å². The van der Waals surface area contributed by atoms with E-state index in [1.807, 2.05) is 24.3 Å². The molecule has 26 heavy (non-hydrogen) atoms. The molecule has 1 aromatic rings. The molecule has 1 N–H and O–H groups in total. The Morgan fingerprint density at radius 2 is 1.88 bits per heavy atom. The zero-order chi connectivity index (χ0) is 19.5. The number of allylic oxidation sites excluding steroid dienone is 1. The molecule has 0 atom stereocenters. The van der Waals surface area contributed by atoms with Crippen molar-refractivity contribution in [1.82, 2.24) is 5.32 Å². The van der Waals surface area contributed by atoms with Crippen molar-refractivity contribution in [2.45, 2.75) is 33.2 Å². The summed E-state index contributed by atoms with van der Waals surface area (Å²) in [5, 5.41) is 2.88. The topological polar surface area (TPSA) is 64.6 Å². The summed E-state index contributed by atoms with van der Waals surface area (Å²) >= 11 is 0. The van der Waals surface area contributed by atoms with Gasteiger partial charge in [0.1, 0.15) is 5.76 Å². The van der Waals surface area contributed by atoms with Crippen LogP contribution in [0.25, 0.3) is 0 Å². The second-order valence-electron chi connectivity index (χ2n) is 5.63. The predicted molar refractivity (Wildman–Crippen MR) is 102 cm³/mol. The average Bonchev–Trinajstić information content (AvgIpc) is 2.65. The SMILES string of the molecule is C=C/C(C(=O)NCc1ccccc1CCC(=O)OCC)=C(/C)C(=C)OC. The van der Waals surface area contributed by atoms with Gasteiger partial charge in [-0.2, -0.15) is 0 Å². The monoisotopic (exact) mass is 357 g/mol. The zero-order valence-corrected chi connectivity index (χ0v) is 15.8. The molecule has 0 fully saturated rings. The summed E-state index contributed by atoms with van der Waals surface area (Å²) in [7, 11) is 1.50. The number of nitrogens with one attached hydrogen (secondary N) is 1. The van der Waals surface area contributed by atoms with Crippen LogP contribution in [-0.4, -0.2) is 25.6 Å². The van der Waals surface area contributed by atoms with Crippen LogP contribution in [0.1, 0.15) is 31.4 Å². The number of esters is 1. The summed E-state index contributed by atoms with van der Waals surface area (Å²) in [4.78, 5) is 24.0. The maximum Gasteiger partial charge on any atom is 0.306 e. The largest absolute Gasteiger partial charge is 0.497 e. The maximum atomic E-state index is 12.5. The maximum absolute atomic E-state index is 12.5. The molecule has 0 radical (unpaired) electrons. The molecule has 0 unspecified atom stereocenters. The summed E-state index contributed by atoms with van der Waals surface area (Å²) in [6.07, 6.45) is 2.36. The molecule has 0 aliphatic heterocycles. The molecule has 0 aromatic heterocycles. The zero-order valence-electron chi connectivity index (χ0n) is 15.8. The first-order chi connectivity index (χ1) is 12.4. The minimum atomic E-state index is -0.254. The number of hydrogen-bond donors (Lipinski definition) is 1. The van der Waals surface area contributed by atoms with Crippen molar-refractivity contribution in [2.75, 3.05) is 13.7 Å². The van der Waals surface area contributed by atoms with Crippen molar-refractivity contribution >= 4 is 11.9 Å². The minimum Gasteiger partial charge on any atom is -0.497 e. The van der Waals surface area contributed by atoms with Gasteiger partial charge in [0.15, 0.2) is 0 Å². The fraction of sp³-hybridized carbons (Fsp3) is 0.333. The van der Waals surface area contributed by atoms with Gasteiger partial charge in [-0.3, -0.25) is 9.59 Å². The highest BCUT2D eigenvalue weighted by molar-refractivity contribution is 5.97. The average molecular weight is 357 g/mol. The molecule has 0 heterocycles. The van der Waals surface area contributed by atoms with Crippen molar-refractivity contribution in [2.24, 2.45) is 0 Å². The second-order valence-corrected chi connectivity index (χ2v) is 5.63. The smallest absolute Gasteiger partial charge is 0.306 e. The van der Waals surface area contributed by atoms with Crippen LogP contribution in [0.15, 0.2) is 60.4 Å². The van der Waals surface area contributed by atoms with Gasteiger partial charge in [-0.25, -0.2) is 0 Å². The van der Waals surface area contributed by atoms with E-state index >= 15 is 0 Å². The van der Waals surface area contributed by atoms with E-state index in [2.05, 4.69) is 18.5 Å². The van der Waals surface area contributed by atoms with E-state index in [1.54, 1.807) is 13.8 Å². The second kappa shape index (κ2) is 10.9. The molecule has 1 aromatic carbocycles. The number of hydrogen-bond acceptors (Lipinski definition) is 4. The van der Waals surface area contributed by atoms with Gasteiger partial charge in [0.05, 0.1) is 13.7 Å². The fourth-order valence-corrected chi connectivity index (χ4v) is 2.43. The van der Waals surface area contributed by atoms with Gasteiger partial charge in [0, 0.05) is 24.1 Å². The van der Waals surface area contributed by atoms with Gasteiger partial charge in [0.25, 0.3) is 5.91 Å². The van der Waals surface area contributed by atoms with Crippen LogP contribution in [0.2, 0.25) is 0 Å². The van der Waals surface area contributed by atoms with Crippen molar-refractivity contribution in [3.63, 3.8) is 0 Å². The number of rotatable bonds is 10. The molecule has 0 bridgehead atoms. The molecule has 0 saturated carbocycles. The molecular weight excluding hydrogens is 330 g/mol. The Morgan fingerprint density at radius 3 is 2.46 bits per heavy atom. The third-order valence-corrected chi connectivity index (χ3v) is 3.98. The lowest BCUT2D eigenvalue weighted by molar-refractivity contribution is -0.143. The lowest BCUT2D eigenvalue weighted by Crippen LogP contribution is -2.25. The number of methoxy groups -OCH3 is 1. The number of amides is 1. The van der Waals surface area contributed by atoms with E-state index in [-0.39, 0.29) is 11.9 Å². The Kier molecular flexibility index (Phi) is 8.92.